The highest BCUT2D eigenvalue weighted by atomic mass is 19.4. The highest BCUT2D eigenvalue weighted by molar-refractivity contribution is 5.84. The van der Waals surface area contributed by atoms with Crippen LogP contribution in [0.1, 0.15) is 16.7 Å². The molecule has 0 aliphatic heterocycles. The van der Waals surface area contributed by atoms with Crippen molar-refractivity contribution in [1.82, 2.24) is 0 Å². The lowest BCUT2D eigenvalue weighted by Crippen LogP contribution is -2.60. The molecule has 30 heavy (non-hydrogen) atoms. The summed E-state index contributed by atoms with van der Waals surface area (Å²) >= 11 is 0. The quantitative estimate of drug-likeness (QED) is 0.387. The van der Waals surface area contributed by atoms with E-state index in [9.17, 15) is 35.1 Å². The van der Waals surface area contributed by atoms with E-state index in [-0.39, 0.29) is 22.8 Å². The van der Waals surface area contributed by atoms with E-state index in [0.29, 0.717) is 5.39 Å². The Balaban J connectivity index is 2.44. The van der Waals surface area contributed by atoms with E-state index in [1.807, 2.05) is 0 Å². The molecule has 2 aromatic carbocycles. The molecule has 1 nitrogen and oxygen atoms in total. The Hall–Kier alpha value is -2.65. The Labute approximate surface area is 164 Å². The molecule has 0 fully saturated rings. The van der Waals surface area contributed by atoms with Crippen molar-refractivity contribution in [1.29, 1.82) is 0 Å². The zero-order valence-corrected chi connectivity index (χ0v) is 15.3. The van der Waals surface area contributed by atoms with Crippen molar-refractivity contribution in [2.24, 2.45) is 0 Å². The highest BCUT2D eigenvalue weighted by Gasteiger charge is 2.82. The van der Waals surface area contributed by atoms with Gasteiger partial charge in [-0.2, -0.15) is 35.1 Å². The molecule has 1 radical (unpaired) electrons. The monoisotopic (exact) mass is 439 g/mol. The molecule has 0 amide bonds. The lowest BCUT2D eigenvalue weighted by molar-refractivity contribution is -0.389. The lowest BCUT2D eigenvalue weighted by atomic mass is 9.81. The summed E-state index contributed by atoms with van der Waals surface area (Å²) in [5.74, 6) is -7.27. The van der Waals surface area contributed by atoms with E-state index in [4.69, 9.17) is 4.42 Å². The maximum Gasteiger partial charge on any atom is 0.457 e. The van der Waals surface area contributed by atoms with Gasteiger partial charge in [0.1, 0.15) is 11.3 Å². The van der Waals surface area contributed by atoms with Gasteiger partial charge in [0.15, 0.2) is 0 Å². The van der Waals surface area contributed by atoms with Crippen molar-refractivity contribution in [2.75, 3.05) is 0 Å². The highest BCUT2D eigenvalue weighted by Crippen LogP contribution is 2.60. The number of para-hydroxylation sites is 1. The third-order valence-electron chi connectivity index (χ3n) is 4.61. The fraction of sp³-hybridized carbons (Fsp3) is 0.300. The summed E-state index contributed by atoms with van der Waals surface area (Å²) in [7, 11) is 0. The molecule has 1 unspecified atom stereocenters. The van der Waals surface area contributed by atoms with Crippen molar-refractivity contribution < 1.29 is 43.9 Å². The van der Waals surface area contributed by atoms with E-state index in [1.54, 1.807) is 6.07 Å². The molecule has 0 saturated heterocycles. The summed E-state index contributed by atoms with van der Waals surface area (Å²) < 4.78 is 128. The molecule has 0 saturated carbocycles. The molecule has 1 aromatic heterocycles. The van der Waals surface area contributed by atoms with Gasteiger partial charge in [0, 0.05) is 16.5 Å². The predicted octanol–water partition coefficient (Wildman–Crippen LogP) is 7.44. The van der Waals surface area contributed by atoms with Crippen LogP contribution in [-0.4, -0.2) is 18.3 Å². The van der Waals surface area contributed by atoms with Gasteiger partial charge in [0.25, 0.3) is 0 Å². The average molecular weight is 439 g/mol. The van der Waals surface area contributed by atoms with Crippen LogP contribution in [0.25, 0.3) is 22.3 Å². The minimum atomic E-state index is -6.82. The zero-order chi connectivity index (χ0) is 22.7. The van der Waals surface area contributed by atoms with Gasteiger partial charge in [0.2, 0.25) is 0 Å². The summed E-state index contributed by atoms with van der Waals surface area (Å²) in [6, 6.07) is 9.87. The van der Waals surface area contributed by atoms with Gasteiger partial charge in [0.05, 0.1) is 0 Å². The molecular formula is C20H12F9O. The van der Waals surface area contributed by atoms with E-state index in [2.05, 4.69) is 6.07 Å². The minimum absolute atomic E-state index is 0.123. The molecule has 0 N–H and O–H groups in total. The number of furan rings is 1. The van der Waals surface area contributed by atoms with E-state index in [0.717, 1.165) is 19.9 Å². The second-order valence-corrected chi connectivity index (χ2v) is 6.74. The number of halogens is 9. The van der Waals surface area contributed by atoms with Crippen molar-refractivity contribution in [3.05, 3.63) is 59.2 Å². The number of alkyl halides is 9. The Bertz CT molecular complexity index is 1060. The summed E-state index contributed by atoms with van der Waals surface area (Å²) in [6.07, 6.45) is -13.4. The molecule has 0 spiro atoms. The van der Waals surface area contributed by atoms with Crippen LogP contribution in [-0.2, 0) is 5.67 Å². The standard InChI is InChI=1S/C20H12F9O/c1-10-7-11(2)16(15-9-12-5-3-4-6-14(12)30-15)13(8-10)17(21,19(24,25)26)18(22,23)20(27,28)29/h3-6,8-9H,1-2H3. The smallest absolute Gasteiger partial charge is 0.456 e. The fourth-order valence-corrected chi connectivity index (χ4v) is 3.27. The molecule has 1 heterocycles. The Morgan fingerprint density at radius 2 is 1.40 bits per heavy atom. The van der Waals surface area contributed by atoms with Gasteiger partial charge >= 0.3 is 23.9 Å². The molecule has 10 heteroatoms. The van der Waals surface area contributed by atoms with Crippen LogP contribution in [0.15, 0.2) is 40.8 Å². The molecular weight excluding hydrogens is 427 g/mol. The first-order valence-corrected chi connectivity index (χ1v) is 8.34. The minimum Gasteiger partial charge on any atom is -0.456 e. The normalized spacial score (nSPS) is 15.4. The van der Waals surface area contributed by atoms with Crippen LogP contribution >= 0.6 is 0 Å². The molecule has 3 rings (SSSR count). The van der Waals surface area contributed by atoms with Crippen LogP contribution in [0.5, 0.6) is 0 Å². The first-order chi connectivity index (χ1) is 13.6. The van der Waals surface area contributed by atoms with E-state index < -0.39 is 40.8 Å². The fourth-order valence-electron chi connectivity index (χ4n) is 3.27. The first-order valence-electron chi connectivity index (χ1n) is 8.34. The van der Waals surface area contributed by atoms with Crippen LogP contribution < -0.4 is 0 Å². The summed E-state index contributed by atoms with van der Waals surface area (Å²) in [4.78, 5) is 0. The summed E-state index contributed by atoms with van der Waals surface area (Å²) in [5.41, 5.74) is -9.26. The SMILES string of the molecule is Cc1[c]c(C)c(-c2cc3ccccc3o2)c(C(F)(C(F)(F)F)C(F)(F)C(F)(F)F)c1. The largest absolute Gasteiger partial charge is 0.457 e. The topological polar surface area (TPSA) is 13.1 Å². The Kier molecular flexibility index (Phi) is 4.91. The van der Waals surface area contributed by atoms with Gasteiger partial charge in [-0.25, -0.2) is 4.39 Å². The van der Waals surface area contributed by atoms with Gasteiger partial charge < -0.3 is 4.42 Å². The molecule has 0 aliphatic carbocycles. The average Bonchev–Trinajstić information content (AvgIpc) is 3.01. The molecule has 161 valence electrons. The van der Waals surface area contributed by atoms with Gasteiger partial charge in [-0.05, 0) is 43.2 Å². The van der Waals surface area contributed by atoms with Crippen LogP contribution in [0.4, 0.5) is 39.5 Å². The van der Waals surface area contributed by atoms with Crippen molar-refractivity contribution >= 4 is 11.0 Å². The van der Waals surface area contributed by atoms with Gasteiger partial charge in [-0.3, -0.25) is 0 Å². The maximum atomic E-state index is 15.2. The summed E-state index contributed by atoms with van der Waals surface area (Å²) in [5, 5.41) is 0.331. The molecule has 1 atom stereocenters. The second kappa shape index (κ2) is 6.68. The van der Waals surface area contributed by atoms with Crippen LogP contribution in [0.2, 0.25) is 0 Å². The second-order valence-electron chi connectivity index (χ2n) is 6.74. The van der Waals surface area contributed by atoms with Gasteiger partial charge in [-0.1, -0.05) is 24.3 Å². The summed E-state index contributed by atoms with van der Waals surface area (Å²) in [6.45, 7) is 2.21. The first kappa shape index (κ1) is 22.0. The molecule has 0 bridgehead atoms. The van der Waals surface area contributed by atoms with Crippen molar-refractivity contribution in [3.8, 4) is 11.3 Å². The maximum absolute atomic E-state index is 15.2. The van der Waals surface area contributed by atoms with E-state index >= 15 is 4.39 Å². The molecule has 3 aromatic rings. The van der Waals surface area contributed by atoms with E-state index in [1.165, 1.54) is 18.2 Å². The third-order valence-corrected chi connectivity index (χ3v) is 4.61. The number of hydrogen-bond acceptors (Lipinski definition) is 1. The van der Waals surface area contributed by atoms with Crippen molar-refractivity contribution in [2.45, 2.75) is 37.8 Å². The predicted molar refractivity (Wildman–Crippen MR) is 89.8 cm³/mol. The molecule has 0 aliphatic rings. The number of rotatable bonds is 3. The Morgan fingerprint density at radius 1 is 0.800 bits per heavy atom. The lowest BCUT2D eigenvalue weighted by Gasteiger charge is -2.37. The number of benzene rings is 2. The van der Waals surface area contributed by atoms with Crippen molar-refractivity contribution in [3.63, 3.8) is 0 Å². The number of fused-ring (bicyclic) bond motifs is 1. The van der Waals surface area contributed by atoms with Crippen LogP contribution in [0, 0.1) is 19.9 Å². The number of aryl methyl sites for hydroxylation is 2. The van der Waals surface area contributed by atoms with Crippen LogP contribution in [0.3, 0.4) is 0 Å². The van der Waals surface area contributed by atoms with Gasteiger partial charge in [-0.15, -0.1) is 0 Å². The zero-order valence-electron chi connectivity index (χ0n) is 15.3. The number of hydrogen-bond donors (Lipinski definition) is 0. The third kappa shape index (κ3) is 3.13. The Morgan fingerprint density at radius 3 is 1.93 bits per heavy atom.